The van der Waals surface area contributed by atoms with Crippen molar-refractivity contribution in [1.29, 1.82) is 0 Å². The number of hydrogen-bond donors (Lipinski definition) is 0. The summed E-state index contributed by atoms with van der Waals surface area (Å²) in [5.41, 5.74) is 0.720. The third-order valence-electron chi connectivity index (χ3n) is 2.64. The maximum Gasteiger partial charge on any atom is 0.0127 e. The zero-order chi connectivity index (χ0) is 11.6. The van der Waals surface area contributed by atoms with Gasteiger partial charge in [0.1, 0.15) is 0 Å². The maximum absolute atomic E-state index is 2.58. The molecule has 0 aromatic rings. The molecule has 0 fully saturated rings. The summed E-state index contributed by atoms with van der Waals surface area (Å²) in [7, 11) is 0. The van der Waals surface area contributed by atoms with Gasteiger partial charge in [-0.25, -0.2) is 0 Å². The molecule has 0 aromatic carbocycles. The average Bonchev–Trinajstić information content (AvgIpc) is 1.79. The van der Waals surface area contributed by atoms with Crippen molar-refractivity contribution in [1.82, 2.24) is 4.90 Å². The van der Waals surface area contributed by atoms with Gasteiger partial charge in [0.05, 0.1) is 0 Å². The molecule has 0 rings (SSSR count). The Labute approximate surface area is 90.9 Å². The third-order valence-corrected chi connectivity index (χ3v) is 2.64. The first kappa shape index (κ1) is 14.0. The molecule has 0 radical (unpaired) electrons. The second kappa shape index (κ2) is 4.65. The monoisotopic (exact) mass is 199 g/mol. The zero-order valence-electron chi connectivity index (χ0n) is 11.4. The summed E-state index contributed by atoms with van der Waals surface area (Å²) < 4.78 is 0. The molecule has 1 heteroatoms. The summed E-state index contributed by atoms with van der Waals surface area (Å²) in [4.78, 5) is 2.58. The molecule has 0 N–H and O–H groups in total. The SMILES string of the molecule is CCN(C(C)CC(C)(C)C)C(C)(C)C. The van der Waals surface area contributed by atoms with Crippen LogP contribution in [0.4, 0.5) is 0 Å². The first-order chi connectivity index (χ1) is 6.08. The van der Waals surface area contributed by atoms with Crippen molar-refractivity contribution in [2.75, 3.05) is 6.54 Å². The van der Waals surface area contributed by atoms with E-state index in [1.807, 2.05) is 0 Å². The van der Waals surface area contributed by atoms with Crippen LogP contribution in [0.1, 0.15) is 61.8 Å². The first-order valence-corrected chi connectivity index (χ1v) is 5.84. The van der Waals surface area contributed by atoms with E-state index in [0.717, 1.165) is 6.54 Å². The summed E-state index contributed by atoms with van der Waals surface area (Å²) in [5, 5.41) is 0. The van der Waals surface area contributed by atoms with Gasteiger partial charge in [0.2, 0.25) is 0 Å². The molecule has 0 amide bonds. The van der Waals surface area contributed by atoms with Gasteiger partial charge in [-0.05, 0) is 46.1 Å². The molecule has 0 spiro atoms. The Morgan fingerprint density at radius 3 is 1.64 bits per heavy atom. The van der Waals surface area contributed by atoms with Crippen molar-refractivity contribution in [2.24, 2.45) is 5.41 Å². The van der Waals surface area contributed by atoms with Crippen LogP contribution < -0.4 is 0 Å². The summed E-state index contributed by atoms with van der Waals surface area (Å²) in [6, 6.07) is 0.667. The van der Waals surface area contributed by atoms with E-state index in [1.165, 1.54) is 6.42 Å². The fraction of sp³-hybridized carbons (Fsp3) is 1.00. The van der Waals surface area contributed by atoms with Crippen LogP contribution in [0, 0.1) is 5.41 Å². The van der Waals surface area contributed by atoms with Crippen LogP contribution in [-0.4, -0.2) is 23.0 Å². The second-order valence-electron chi connectivity index (χ2n) is 6.57. The molecule has 1 nitrogen and oxygen atoms in total. The van der Waals surface area contributed by atoms with E-state index in [4.69, 9.17) is 0 Å². The second-order valence-corrected chi connectivity index (χ2v) is 6.57. The van der Waals surface area contributed by atoms with Crippen LogP contribution >= 0.6 is 0 Å². The molecule has 14 heavy (non-hydrogen) atoms. The van der Waals surface area contributed by atoms with E-state index in [2.05, 4.69) is 60.3 Å². The van der Waals surface area contributed by atoms with Crippen molar-refractivity contribution in [3.05, 3.63) is 0 Å². The molecule has 0 bridgehead atoms. The van der Waals surface area contributed by atoms with E-state index >= 15 is 0 Å². The molecule has 0 saturated heterocycles. The Morgan fingerprint density at radius 2 is 1.43 bits per heavy atom. The lowest BCUT2D eigenvalue weighted by atomic mass is 9.87. The van der Waals surface area contributed by atoms with Crippen molar-refractivity contribution < 1.29 is 0 Å². The molecule has 0 aliphatic rings. The van der Waals surface area contributed by atoms with Crippen LogP contribution in [0.2, 0.25) is 0 Å². The van der Waals surface area contributed by atoms with Crippen molar-refractivity contribution >= 4 is 0 Å². The van der Waals surface area contributed by atoms with Gasteiger partial charge in [-0.2, -0.15) is 0 Å². The van der Waals surface area contributed by atoms with Gasteiger partial charge in [0.25, 0.3) is 0 Å². The fourth-order valence-electron chi connectivity index (χ4n) is 2.44. The Bertz CT molecular complexity index is 159. The Kier molecular flexibility index (Phi) is 4.64. The summed E-state index contributed by atoms with van der Waals surface area (Å²) in [6.07, 6.45) is 1.26. The molecule has 0 heterocycles. The van der Waals surface area contributed by atoms with E-state index < -0.39 is 0 Å². The lowest BCUT2D eigenvalue weighted by Gasteiger charge is -2.41. The van der Waals surface area contributed by atoms with Gasteiger partial charge in [-0.1, -0.05) is 27.7 Å². The molecule has 86 valence electrons. The van der Waals surface area contributed by atoms with Crippen molar-refractivity contribution in [3.8, 4) is 0 Å². The Balaban J connectivity index is 4.41. The minimum absolute atomic E-state index is 0.291. The Hall–Kier alpha value is -0.0400. The topological polar surface area (TPSA) is 3.24 Å². The van der Waals surface area contributed by atoms with E-state index in [1.54, 1.807) is 0 Å². The van der Waals surface area contributed by atoms with Gasteiger partial charge >= 0.3 is 0 Å². The van der Waals surface area contributed by atoms with Crippen LogP contribution in [0.5, 0.6) is 0 Å². The largest absolute Gasteiger partial charge is 0.296 e. The highest BCUT2D eigenvalue weighted by Gasteiger charge is 2.27. The number of hydrogen-bond acceptors (Lipinski definition) is 1. The molecular weight excluding hydrogens is 170 g/mol. The Morgan fingerprint density at radius 1 is 1.00 bits per heavy atom. The summed E-state index contributed by atoms with van der Waals surface area (Å²) >= 11 is 0. The third kappa shape index (κ3) is 4.99. The van der Waals surface area contributed by atoms with Gasteiger partial charge in [-0.15, -0.1) is 0 Å². The number of rotatable bonds is 3. The minimum atomic E-state index is 0.291. The summed E-state index contributed by atoms with van der Waals surface area (Å²) in [5.74, 6) is 0. The first-order valence-electron chi connectivity index (χ1n) is 5.84. The standard InChI is InChI=1S/C13H29N/c1-9-14(13(6,7)8)11(2)10-12(3,4)5/h11H,9-10H2,1-8H3. The highest BCUT2D eigenvalue weighted by molar-refractivity contribution is 4.82. The highest BCUT2D eigenvalue weighted by Crippen LogP contribution is 2.27. The van der Waals surface area contributed by atoms with Gasteiger partial charge < -0.3 is 0 Å². The van der Waals surface area contributed by atoms with Gasteiger partial charge in [0, 0.05) is 11.6 Å². The molecule has 0 aliphatic carbocycles. The van der Waals surface area contributed by atoms with Crippen LogP contribution in [-0.2, 0) is 0 Å². The predicted molar refractivity (Wildman–Crippen MR) is 65.7 cm³/mol. The van der Waals surface area contributed by atoms with Gasteiger partial charge in [-0.3, -0.25) is 4.90 Å². The average molecular weight is 199 g/mol. The zero-order valence-corrected chi connectivity index (χ0v) is 11.4. The molecular formula is C13H29N. The van der Waals surface area contributed by atoms with Crippen LogP contribution in [0.15, 0.2) is 0 Å². The van der Waals surface area contributed by atoms with Crippen molar-refractivity contribution in [3.63, 3.8) is 0 Å². The quantitative estimate of drug-likeness (QED) is 0.665. The van der Waals surface area contributed by atoms with Crippen LogP contribution in [0.3, 0.4) is 0 Å². The maximum atomic E-state index is 2.58. The molecule has 0 aliphatic heterocycles. The highest BCUT2D eigenvalue weighted by atomic mass is 15.2. The lowest BCUT2D eigenvalue weighted by molar-refractivity contribution is 0.0735. The van der Waals surface area contributed by atoms with Crippen molar-refractivity contribution in [2.45, 2.75) is 73.4 Å². The summed E-state index contributed by atoms with van der Waals surface area (Å²) in [6.45, 7) is 19.6. The molecule has 0 aromatic heterocycles. The lowest BCUT2D eigenvalue weighted by Crippen LogP contribution is -2.47. The normalized spacial score (nSPS) is 16.1. The number of nitrogens with zero attached hydrogens (tertiary/aromatic N) is 1. The van der Waals surface area contributed by atoms with E-state index in [0.29, 0.717) is 17.0 Å². The predicted octanol–water partition coefficient (Wildman–Crippen LogP) is 3.93. The molecule has 1 unspecified atom stereocenters. The molecule has 1 atom stereocenters. The van der Waals surface area contributed by atoms with Crippen LogP contribution in [0.25, 0.3) is 0 Å². The fourth-order valence-corrected chi connectivity index (χ4v) is 2.44. The minimum Gasteiger partial charge on any atom is -0.296 e. The smallest absolute Gasteiger partial charge is 0.0127 e. The molecule has 0 saturated carbocycles. The van der Waals surface area contributed by atoms with E-state index in [-0.39, 0.29) is 0 Å². The van der Waals surface area contributed by atoms with Gasteiger partial charge in [0.15, 0.2) is 0 Å². The van der Waals surface area contributed by atoms with E-state index in [9.17, 15) is 0 Å².